The maximum Gasteiger partial charge on any atom is 0.225 e. The van der Waals surface area contributed by atoms with Gasteiger partial charge in [-0.15, -0.1) is 0 Å². The van der Waals surface area contributed by atoms with Gasteiger partial charge in [-0.1, -0.05) is 6.07 Å². The molecule has 0 aliphatic carbocycles. The van der Waals surface area contributed by atoms with Crippen LogP contribution in [0.3, 0.4) is 0 Å². The number of likely N-dealkylation sites (tertiary alicyclic amines) is 1. The van der Waals surface area contributed by atoms with Crippen LogP contribution >= 0.6 is 0 Å². The fourth-order valence-corrected chi connectivity index (χ4v) is 3.50. The second-order valence-corrected chi connectivity index (χ2v) is 6.58. The molecule has 1 aliphatic rings. The molecule has 1 fully saturated rings. The average Bonchev–Trinajstić information content (AvgIpc) is 2.67. The van der Waals surface area contributed by atoms with E-state index in [0.29, 0.717) is 25.9 Å². The zero-order valence-electron chi connectivity index (χ0n) is 15.2. The zero-order chi connectivity index (χ0) is 18.5. The van der Waals surface area contributed by atoms with E-state index in [1.807, 2.05) is 38.1 Å². The van der Waals surface area contributed by atoms with Crippen molar-refractivity contribution in [2.24, 2.45) is 5.92 Å². The largest absolute Gasteiger partial charge is 0.352 e. The van der Waals surface area contributed by atoms with E-state index in [-0.39, 0.29) is 23.8 Å². The Balaban J connectivity index is 1.77. The van der Waals surface area contributed by atoms with Crippen LogP contribution in [0, 0.1) is 12.8 Å². The summed E-state index contributed by atoms with van der Waals surface area (Å²) in [6, 6.07) is 7.41. The summed E-state index contributed by atoms with van der Waals surface area (Å²) in [5.74, 6) is -0.201. The van der Waals surface area contributed by atoms with Crippen molar-refractivity contribution < 1.29 is 9.59 Å². The summed E-state index contributed by atoms with van der Waals surface area (Å²) in [5, 5.41) is 3.01. The molecule has 0 spiro atoms. The van der Waals surface area contributed by atoms with Crippen molar-refractivity contribution in [3.63, 3.8) is 0 Å². The van der Waals surface area contributed by atoms with Gasteiger partial charge in [-0.2, -0.15) is 0 Å². The Morgan fingerprint density at radius 3 is 2.69 bits per heavy atom. The number of hydrogen-bond donors (Lipinski definition) is 1. The molecule has 3 rings (SSSR count). The van der Waals surface area contributed by atoms with Gasteiger partial charge < -0.3 is 10.2 Å². The molecule has 1 aliphatic heterocycles. The molecule has 2 aromatic heterocycles. The van der Waals surface area contributed by atoms with E-state index in [4.69, 9.17) is 0 Å². The van der Waals surface area contributed by atoms with E-state index in [2.05, 4.69) is 15.3 Å². The van der Waals surface area contributed by atoms with Crippen LogP contribution in [0.15, 0.2) is 42.9 Å². The van der Waals surface area contributed by atoms with Crippen molar-refractivity contribution in [3.8, 4) is 0 Å². The molecule has 0 bridgehead atoms. The van der Waals surface area contributed by atoms with Crippen LogP contribution in [0.1, 0.15) is 42.6 Å². The lowest BCUT2D eigenvalue weighted by Gasteiger charge is -2.40. The molecular formula is C20H24N4O2. The van der Waals surface area contributed by atoms with Gasteiger partial charge in [-0.05, 0) is 49.6 Å². The summed E-state index contributed by atoms with van der Waals surface area (Å²) >= 11 is 0. The smallest absolute Gasteiger partial charge is 0.225 e. The standard InChI is InChI=1S/C20H24N4O2/c1-3-24-18(25)7-6-17(19(24)16-8-10-21-11-9-16)20(26)23-13-15-5-4-14(2)22-12-15/h4-5,8-12,17,19H,3,6-7,13H2,1-2H3,(H,23,26)/t17-,19+/m0/s1. The van der Waals surface area contributed by atoms with Crippen molar-refractivity contribution >= 4 is 11.8 Å². The average molecular weight is 352 g/mol. The Morgan fingerprint density at radius 1 is 1.27 bits per heavy atom. The van der Waals surface area contributed by atoms with Crippen LogP contribution in [0.25, 0.3) is 0 Å². The van der Waals surface area contributed by atoms with Gasteiger partial charge in [0.05, 0.1) is 12.0 Å². The van der Waals surface area contributed by atoms with Crippen LogP contribution < -0.4 is 5.32 Å². The van der Waals surface area contributed by atoms with Gasteiger partial charge in [0.2, 0.25) is 11.8 Å². The lowest BCUT2D eigenvalue weighted by molar-refractivity contribution is -0.143. The van der Waals surface area contributed by atoms with Crippen molar-refractivity contribution in [3.05, 3.63) is 59.7 Å². The summed E-state index contributed by atoms with van der Waals surface area (Å²) in [7, 11) is 0. The highest BCUT2D eigenvalue weighted by Crippen LogP contribution is 2.36. The molecule has 0 saturated carbocycles. The Labute approximate surface area is 153 Å². The molecule has 3 heterocycles. The fraction of sp³-hybridized carbons (Fsp3) is 0.400. The van der Waals surface area contributed by atoms with Crippen LogP contribution in [0.5, 0.6) is 0 Å². The highest BCUT2D eigenvalue weighted by atomic mass is 16.2. The first-order chi connectivity index (χ1) is 12.6. The first-order valence-electron chi connectivity index (χ1n) is 8.98. The van der Waals surface area contributed by atoms with Gasteiger partial charge >= 0.3 is 0 Å². The number of carbonyl (C=O) groups is 2. The summed E-state index contributed by atoms with van der Waals surface area (Å²) in [4.78, 5) is 35.4. The predicted molar refractivity (Wildman–Crippen MR) is 97.9 cm³/mol. The molecule has 0 radical (unpaired) electrons. The third-order valence-corrected chi connectivity index (χ3v) is 4.87. The molecule has 6 nitrogen and oxygen atoms in total. The normalized spacial score (nSPS) is 20.1. The molecule has 1 saturated heterocycles. The highest BCUT2D eigenvalue weighted by Gasteiger charge is 2.39. The van der Waals surface area contributed by atoms with Crippen LogP contribution in [0.4, 0.5) is 0 Å². The second-order valence-electron chi connectivity index (χ2n) is 6.58. The van der Waals surface area contributed by atoms with Gasteiger partial charge in [0.15, 0.2) is 0 Å². The number of aryl methyl sites for hydroxylation is 1. The number of pyridine rings is 2. The highest BCUT2D eigenvalue weighted by molar-refractivity contribution is 5.85. The van der Waals surface area contributed by atoms with Crippen molar-refractivity contribution in [2.45, 2.75) is 39.3 Å². The SMILES string of the molecule is CCN1C(=O)CC[C@H](C(=O)NCc2ccc(C)nc2)[C@H]1c1ccncc1. The molecule has 2 amide bonds. The molecule has 0 unspecified atom stereocenters. The van der Waals surface area contributed by atoms with Crippen molar-refractivity contribution in [1.82, 2.24) is 20.2 Å². The van der Waals surface area contributed by atoms with E-state index in [1.54, 1.807) is 23.5 Å². The molecular weight excluding hydrogens is 328 g/mol. The van der Waals surface area contributed by atoms with Crippen molar-refractivity contribution in [1.29, 1.82) is 0 Å². The summed E-state index contributed by atoms with van der Waals surface area (Å²) in [6.07, 6.45) is 6.14. The topological polar surface area (TPSA) is 75.2 Å². The number of carbonyl (C=O) groups excluding carboxylic acids is 2. The van der Waals surface area contributed by atoms with Gasteiger partial charge in [-0.3, -0.25) is 19.6 Å². The Kier molecular flexibility index (Phi) is 5.61. The van der Waals surface area contributed by atoms with E-state index < -0.39 is 0 Å². The molecule has 2 atom stereocenters. The number of amides is 2. The maximum atomic E-state index is 12.9. The zero-order valence-corrected chi connectivity index (χ0v) is 15.2. The number of hydrogen-bond acceptors (Lipinski definition) is 4. The molecule has 26 heavy (non-hydrogen) atoms. The van der Waals surface area contributed by atoms with E-state index in [1.165, 1.54) is 0 Å². The first-order valence-corrected chi connectivity index (χ1v) is 8.98. The lowest BCUT2D eigenvalue weighted by atomic mass is 9.84. The Bertz CT molecular complexity index is 761. The van der Waals surface area contributed by atoms with E-state index >= 15 is 0 Å². The molecule has 136 valence electrons. The lowest BCUT2D eigenvalue weighted by Crippen LogP contribution is -2.47. The number of nitrogens with one attached hydrogen (secondary N) is 1. The van der Waals surface area contributed by atoms with Gasteiger partial charge in [0.25, 0.3) is 0 Å². The minimum atomic E-state index is -0.270. The fourth-order valence-electron chi connectivity index (χ4n) is 3.50. The molecule has 6 heteroatoms. The van der Waals surface area contributed by atoms with Gasteiger partial charge in [0.1, 0.15) is 0 Å². The maximum absolute atomic E-state index is 12.9. The van der Waals surface area contributed by atoms with Crippen LogP contribution in [0.2, 0.25) is 0 Å². The number of rotatable bonds is 5. The molecule has 2 aromatic rings. The van der Waals surface area contributed by atoms with Gasteiger partial charge in [-0.25, -0.2) is 0 Å². The minimum absolute atomic E-state index is 0.0293. The third-order valence-electron chi connectivity index (χ3n) is 4.87. The summed E-state index contributed by atoms with van der Waals surface area (Å²) in [5.41, 5.74) is 2.86. The summed E-state index contributed by atoms with van der Waals surface area (Å²) in [6.45, 7) is 4.90. The number of aromatic nitrogens is 2. The number of nitrogens with zero attached hydrogens (tertiary/aromatic N) is 3. The van der Waals surface area contributed by atoms with Crippen LogP contribution in [-0.4, -0.2) is 33.2 Å². The van der Waals surface area contributed by atoms with Crippen molar-refractivity contribution in [2.75, 3.05) is 6.54 Å². The summed E-state index contributed by atoms with van der Waals surface area (Å²) < 4.78 is 0. The number of piperidine rings is 1. The third kappa shape index (κ3) is 3.90. The van der Waals surface area contributed by atoms with E-state index in [9.17, 15) is 9.59 Å². The van der Waals surface area contributed by atoms with Gasteiger partial charge in [0, 0.05) is 43.8 Å². The quantitative estimate of drug-likeness (QED) is 0.897. The second kappa shape index (κ2) is 8.08. The predicted octanol–water partition coefficient (Wildman–Crippen LogP) is 2.40. The Morgan fingerprint density at radius 2 is 2.04 bits per heavy atom. The van der Waals surface area contributed by atoms with E-state index in [0.717, 1.165) is 16.8 Å². The molecule has 0 aromatic carbocycles. The Hall–Kier alpha value is -2.76. The molecule has 1 N–H and O–H groups in total. The first kappa shape index (κ1) is 18.0. The van der Waals surface area contributed by atoms with Crippen LogP contribution in [-0.2, 0) is 16.1 Å². The monoisotopic (exact) mass is 352 g/mol. The minimum Gasteiger partial charge on any atom is -0.352 e.